The van der Waals surface area contributed by atoms with Crippen molar-refractivity contribution in [3.63, 3.8) is 0 Å². The summed E-state index contributed by atoms with van der Waals surface area (Å²) in [5, 5.41) is 0.693. The summed E-state index contributed by atoms with van der Waals surface area (Å²) >= 11 is 0. The normalized spacial score (nSPS) is 10.3. The van der Waals surface area contributed by atoms with Gasteiger partial charge in [-0.25, -0.2) is 4.79 Å². The van der Waals surface area contributed by atoms with Crippen LogP contribution < -0.4 is 18.9 Å². The number of benzene rings is 3. The molecule has 4 rings (SSSR count). The Morgan fingerprint density at radius 2 is 1.46 bits per heavy atom. The molecule has 0 fully saturated rings. The number of hydrogen-bond acceptors (Lipinski definition) is 7. The van der Waals surface area contributed by atoms with Crippen molar-refractivity contribution in [2.45, 2.75) is 0 Å². The van der Waals surface area contributed by atoms with E-state index in [4.69, 9.17) is 28.1 Å². The molecule has 4 aromatic rings. The molecule has 0 aliphatic carbocycles. The van der Waals surface area contributed by atoms with Crippen LogP contribution in [0.3, 0.4) is 0 Å². The SMILES string of the molecule is COC(=O)c1ccc2oc(-c3ccc(OC)cc3)c(C#Cc3cc(OC)c(OC)c(OC)c3)c2c1. The Labute approximate surface area is 203 Å². The lowest BCUT2D eigenvalue weighted by Gasteiger charge is -2.12. The van der Waals surface area contributed by atoms with Gasteiger partial charge in [0, 0.05) is 16.5 Å². The molecule has 0 saturated carbocycles. The third-order valence-electron chi connectivity index (χ3n) is 5.46. The molecule has 0 atom stereocenters. The molecule has 1 aromatic heterocycles. The molecular formula is C28H24O7. The number of ether oxygens (including phenoxy) is 5. The minimum atomic E-state index is -0.442. The van der Waals surface area contributed by atoms with Crippen LogP contribution in [0.4, 0.5) is 0 Å². The zero-order chi connectivity index (χ0) is 24.9. The van der Waals surface area contributed by atoms with E-state index in [0.29, 0.717) is 50.7 Å². The number of furan rings is 1. The van der Waals surface area contributed by atoms with Gasteiger partial charge < -0.3 is 28.1 Å². The van der Waals surface area contributed by atoms with Crippen LogP contribution >= 0.6 is 0 Å². The van der Waals surface area contributed by atoms with Crippen LogP contribution in [0.25, 0.3) is 22.3 Å². The molecule has 0 unspecified atom stereocenters. The Balaban J connectivity index is 1.91. The smallest absolute Gasteiger partial charge is 0.337 e. The third-order valence-corrected chi connectivity index (χ3v) is 5.46. The molecule has 0 N–H and O–H groups in total. The molecule has 7 heteroatoms. The maximum atomic E-state index is 12.2. The fourth-order valence-electron chi connectivity index (χ4n) is 3.70. The summed E-state index contributed by atoms with van der Waals surface area (Å²) < 4.78 is 32.6. The van der Waals surface area contributed by atoms with Crippen molar-refractivity contribution in [3.05, 3.63) is 71.3 Å². The quantitative estimate of drug-likeness (QED) is 0.278. The van der Waals surface area contributed by atoms with Crippen LogP contribution in [0.1, 0.15) is 21.5 Å². The molecule has 178 valence electrons. The molecule has 0 aliphatic rings. The number of hydrogen-bond donors (Lipinski definition) is 0. The number of esters is 1. The largest absolute Gasteiger partial charge is 0.497 e. The molecule has 1 heterocycles. The minimum absolute atomic E-state index is 0.401. The van der Waals surface area contributed by atoms with E-state index >= 15 is 0 Å². The van der Waals surface area contributed by atoms with Gasteiger partial charge in [0.15, 0.2) is 17.3 Å². The Hall–Kier alpha value is -4.57. The highest BCUT2D eigenvalue weighted by Gasteiger charge is 2.18. The lowest BCUT2D eigenvalue weighted by molar-refractivity contribution is 0.0601. The Kier molecular flexibility index (Phi) is 6.83. The maximum absolute atomic E-state index is 12.2. The summed E-state index contributed by atoms with van der Waals surface area (Å²) in [6.07, 6.45) is 0. The summed E-state index contributed by atoms with van der Waals surface area (Å²) in [4.78, 5) is 12.2. The van der Waals surface area contributed by atoms with Gasteiger partial charge >= 0.3 is 5.97 Å². The van der Waals surface area contributed by atoms with Gasteiger partial charge in [0.2, 0.25) is 5.75 Å². The van der Waals surface area contributed by atoms with Crippen LogP contribution in [0, 0.1) is 11.8 Å². The number of carbonyl (C=O) groups is 1. The highest BCUT2D eigenvalue weighted by atomic mass is 16.5. The van der Waals surface area contributed by atoms with Gasteiger partial charge in [0.1, 0.15) is 11.3 Å². The Morgan fingerprint density at radius 1 is 0.771 bits per heavy atom. The first-order valence-corrected chi connectivity index (χ1v) is 10.6. The first kappa shape index (κ1) is 23.6. The summed E-state index contributed by atoms with van der Waals surface area (Å²) in [6.45, 7) is 0. The van der Waals surface area contributed by atoms with E-state index < -0.39 is 5.97 Å². The van der Waals surface area contributed by atoms with Crippen molar-refractivity contribution in [1.29, 1.82) is 0 Å². The monoisotopic (exact) mass is 472 g/mol. The highest BCUT2D eigenvalue weighted by Crippen LogP contribution is 2.38. The van der Waals surface area contributed by atoms with Gasteiger partial charge in [-0.2, -0.15) is 0 Å². The second-order valence-corrected chi connectivity index (χ2v) is 7.40. The molecular weight excluding hydrogens is 448 g/mol. The fourth-order valence-corrected chi connectivity index (χ4v) is 3.70. The van der Waals surface area contributed by atoms with E-state index in [0.717, 1.165) is 11.3 Å². The molecule has 0 saturated heterocycles. The van der Waals surface area contributed by atoms with Crippen molar-refractivity contribution in [1.82, 2.24) is 0 Å². The molecule has 35 heavy (non-hydrogen) atoms. The summed E-state index contributed by atoms with van der Waals surface area (Å²) in [5.74, 6) is 8.73. The second-order valence-electron chi connectivity index (χ2n) is 7.40. The molecule has 0 radical (unpaired) electrons. The van der Waals surface area contributed by atoms with Crippen LogP contribution in [0.15, 0.2) is 59.0 Å². The molecule has 0 amide bonds. The van der Waals surface area contributed by atoms with Gasteiger partial charge in [0.05, 0.1) is 46.7 Å². The zero-order valence-electron chi connectivity index (χ0n) is 20.1. The lowest BCUT2D eigenvalue weighted by Crippen LogP contribution is -2.00. The number of rotatable bonds is 6. The second kappa shape index (κ2) is 10.1. The van der Waals surface area contributed by atoms with Crippen molar-refractivity contribution >= 4 is 16.9 Å². The maximum Gasteiger partial charge on any atom is 0.337 e. The van der Waals surface area contributed by atoms with Crippen LogP contribution in [-0.4, -0.2) is 41.5 Å². The van der Waals surface area contributed by atoms with Crippen LogP contribution in [0.5, 0.6) is 23.0 Å². The summed E-state index contributed by atoms with van der Waals surface area (Å²) in [5.41, 5.74) is 3.09. The minimum Gasteiger partial charge on any atom is -0.497 e. The van der Waals surface area contributed by atoms with Gasteiger partial charge in [-0.3, -0.25) is 0 Å². The van der Waals surface area contributed by atoms with E-state index in [2.05, 4.69) is 11.8 Å². The lowest BCUT2D eigenvalue weighted by atomic mass is 10.0. The van der Waals surface area contributed by atoms with E-state index in [1.165, 1.54) is 7.11 Å². The van der Waals surface area contributed by atoms with E-state index in [9.17, 15) is 4.79 Å². The predicted octanol–water partition coefficient (Wildman–Crippen LogP) is 5.32. The van der Waals surface area contributed by atoms with Crippen LogP contribution in [0.2, 0.25) is 0 Å². The van der Waals surface area contributed by atoms with Gasteiger partial charge in [-0.15, -0.1) is 0 Å². The van der Waals surface area contributed by atoms with Crippen molar-refractivity contribution in [2.24, 2.45) is 0 Å². The fraction of sp³-hybridized carbons (Fsp3) is 0.179. The Bertz CT molecular complexity index is 1410. The van der Waals surface area contributed by atoms with Crippen molar-refractivity contribution in [2.75, 3.05) is 35.5 Å². The van der Waals surface area contributed by atoms with Crippen LogP contribution in [-0.2, 0) is 4.74 Å². The molecule has 0 aliphatic heterocycles. The standard InChI is InChI=1S/C28H24O7/c1-30-20-10-7-18(8-11-20)26-21(22-16-19(28(29)34-5)9-13-23(22)35-26)12-6-17-14-24(31-2)27(33-4)25(15-17)32-3/h7-11,13-16H,1-5H3. The average Bonchev–Trinajstić information content (AvgIpc) is 3.28. The topological polar surface area (TPSA) is 76.4 Å². The molecule has 0 spiro atoms. The first-order valence-electron chi connectivity index (χ1n) is 10.6. The molecule has 3 aromatic carbocycles. The first-order chi connectivity index (χ1) is 17.0. The van der Waals surface area contributed by atoms with E-state index in [1.54, 1.807) is 58.8 Å². The summed E-state index contributed by atoms with van der Waals surface area (Å²) in [7, 11) is 7.60. The Morgan fingerprint density at radius 3 is 2.03 bits per heavy atom. The zero-order valence-corrected chi connectivity index (χ0v) is 20.1. The third kappa shape index (κ3) is 4.59. The number of fused-ring (bicyclic) bond motifs is 1. The average molecular weight is 472 g/mol. The van der Waals surface area contributed by atoms with E-state index in [1.807, 2.05) is 24.3 Å². The molecule has 7 nitrogen and oxygen atoms in total. The molecule has 0 bridgehead atoms. The van der Waals surface area contributed by atoms with Crippen molar-refractivity contribution in [3.8, 4) is 46.2 Å². The van der Waals surface area contributed by atoms with Gasteiger partial charge in [-0.05, 0) is 54.6 Å². The summed E-state index contributed by atoms with van der Waals surface area (Å²) in [6, 6.07) is 16.1. The van der Waals surface area contributed by atoms with Gasteiger partial charge in [-0.1, -0.05) is 11.8 Å². The van der Waals surface area contributed by atoms with E-state index in [-0.39, 0.29) is 0 Å². The highest BCUT2D eigenvalue weighted by molar-refractivity contribution is 5.98. The predicted molar refractivity (Wildman–Crippen MR) is 132 cm³/mol. The van der Waals surface area contributed by atoms with Crippen molar-refractivity contribution < 1.29 is 32.9 Å². The number of methoxy groups -OCH3 is 5. The number of carbonyl (C=O) groups excluding carboxylic acids is 1. The van der Waals surface area contributed by atoms with Gasteiger partial charge in [0.25, 0.3) is 0 Å².